The lowest BCUT2D eigenvalue weighted by molar-refractivity contribution is 0.286. The topological polar surface area (TPSA) is 77.2 Å². The van der Waals surface area contributed by atoms with Gasteiger partial charge in [-0.2, -0.15) is 0 Å². The van der Waals surface area contributed by atoms with Crippen LogP contribution in [-0.2, 0) is 13.0 Å². The number of hydrogen-bond acceptors (Lipinski definition) is 4. The fraction of sp³-hybridized carbons (Fsp3) is 0.438. The molecule has 2 heterocycles. The van der Waals surface area contributed by atoms with Gasteiger partial charge in [0.25, 0.3) is 5.56 Å². The van der Waals surface area contributed by atoms with Crippen molar-refractivity contribution in [3.63, 3.8) is 0 Å². The van der Waals surface area contributed by atoms with Crippen LogP contribution in [0.5, 0.6) is 0 Å². The molecule has 0 aliphatic carbocycles. The van der Waals surface area contributed by atoms with E-state index in [4.69, 9.17) is 5.11 Å². The normalized spacial score (nSPS) is 12.7. The van der Waals surface area contributed by atoms with Gasteiger partial charge in [-0.15, -0.1) is 24.8 Å². The molecular formula is C16H23Cl2N3O2. The van der Waals surface area contributed by atoms with Crippen LogP contribution < -0.4 is 16.2 Å². The van der Waals surface area contributed by atoms with Crippen molar-refractivity contribution in [2.24, 2.45) is 0 Å². The Morgan fingerprint density at radius 3 is 2.87 bits per heavy atom. The number of aliphatic hydroxyl groups is 1. The predicted molar refractivity (Wildman–Crippen MR) is 99.3 cm³/mol. The molecule has 0 bridgehead atoms. The highest BCUT2D eigenvalue weighted by Crippen LogP contribution is 2.27. The summed E-state index contributed by atoms with van der Waals surface area (Å²) < 4.78 is 0. The summed E-state index contributed by atoms with van der Waals surface area (Å²) in [4.78, 5) is 15.1. The Labute approximate surface area is 147 Å². The van der Waals surface area contributed by atoms with Gasteiger partial charge in [0.2, 0.25) is 0 Å². The molecule has 1 aromatic carbocycles. The number of H-pyrrole nitrogens is 1. The van der Waals surface area contributed by atoms with Crippen LogP contribution in [0.2, 0.25) is 0 Å². The van der Waals surface area contributed by atoms with Crippen molar-refractivity contribution in [3.8, 4) is 0 Å². The average Bonchev–Trinajstić information content (AvgIpc) is 2.52. The van der Waals surface area contributed by atoms with Crippen LogP contribution in [0.25, 0.3) is 10.9 Å². The quantitative estimate of drug-likeness (QED) is 0.617. The summed E-state index contributed by atoms with van der Waals surface area (Å²) in [5, 5.41) is 16.5. The Hall–Kier alpha value is -1.27. The van der Waals surface area contributed by atoms with Crippen molar-refractivity contribution in [2.75, 3.05) is 25.0 Å². The molecule has 0 amide bonds. The predicted octanol–water partition coefficient (Wildman–Crippen LogP) is 2.20. The molecule has 128 valence electrons. The summed E-state index contributed by atoms with van der Waals surface area (Å²) in [6, 6.07) is 6.19. The minimum absolute atomic E-state index is 0. The molecule has 0 fully saturated rings. The molecule has 4 N–H and O–H groups in total. The van der Waals surface area contributed by atoms with Gasteiger partial charge >= 0.3 is 0 Å². The van der Waals surface area contributed by atoms with Gasteiger partial charge in [0, 0.05) is 30.6 Å². The fourth-order valence-corrected chi connectivity index (χ4v) is 2.85. The molecule has 2 aromatic rings. The summed E-state index contributed by atoms with van der Waals surface area (Å²) in [7, 11) is 0. The van der Waals surface area contributed by atoms with Crippen LogP contribution >= 0.6 is 24.8 Å². The molecule has 1 aromatic heterocycles. The van der Waals surface area contributed by atoms with Gasteiger partial charge in [0.05, 0.1) is 11.2 Å². The van der Waals surface area contributed by atoms with E-state index in [1.807, 2.05) is 6.07 Å². The molecule has 0 spiro atoms. The van der Waals surface area contributed by atoms with Gasteiger partial charge in [0.1, 0.15) is 0 Å². The number of aliphatic hydroxyl groups excluding tert-OH is 1. The van der Waals surface area contributed by atoms with Crippen LogP contribution in [-0.4, -0.2) is 29.8 Å². The lowest BCUT2D eigenvalue weighted by atomic mass is 10.0. The van der Waals surface area contributed by atoms with Gasteiger partial charge in [-0.25, -0.2) is 0 Å². The van der Waals surface area contributed by atoms with E-state index in [9.17, 15) is 4.79 Å². The summed E-state index contributed by atoms with van der Waals surface area (Å²) in [6.07, 6.45) is 2.61. The van der Waals surface area contributed by atoms with Crippen molar-refractivity contribution in [1.82, 2.24) is 10.3 Å². The van der Waals surface area contributed by atoms with Gasteiger partial charge in [-0.05, 0) is 37.4 Å². The monoisotopic (exact) mass is 359 g/mol. The summed E-state index contributed by atoms with van der Waals surface area (Å²) >= 11 is 0. The Balaban J connectivity index is 0.00000132. The van der Waals surface area contributed by atoms with Crippen molar-refractivity contribution in [1.29, 1.82) is 0 Å². The first kappa shape index (κ1) is 19.8. The summed E-state index contributed by atoms with van der Waals surface area (Å²) in [6.45, 7) is 2.66. The second-order valence-electron chi connectivity index (χ2n) is 5.47. The molecule has 5 nitrogen and oxygen atoms in total. The van der Waals surface area contributed by atoms with E-state index in [1.165, 1.54) is 0 Å². The van der Waals surface area contributed by atoms with E-state index in [1.54, 1.807) is 0 Å². The molecule has 0 unspecified atom stereocenters. The van der Waals surface area contributed by atoms with Gasteiger partial charge in [-0.1, -0.05) is 12.1 Å². The van der Waals surface area contributed by atoms with Crippen molar-refractivity contribution < 1.29 is 5.11 Å². The maximum absolute atomic E-state index is 12.1. The van der Waals surface area contributed by atoms with E-state index in [-0.39, 0.29) is 37.0 Å². The van der Waals surface area contributed by atoms with E-state index in [0.717, 1.165) is 66.6 Å². The number of benzene rings is 1. The first-order valence-corrected chi connectivity index (χ1v) is 7.53. The number of halogens is 2. The summed E-state index contributed by atoms with van der Waals surface area (Å²) in [5.41, 5.74) is 3.92. The Morgan fingerprint density at radius 2 is 2.09 bits per heavy atom. The molecule has 0 saturated heterocycles. The number of nitrogens with one attached hydrogen (secondary N) is 3. The Bertz CT molecular complexity index is 704. The SMILES string of the molecule is Cl.Cl.O=c1[nH]c2cc(CNCCCO)ccc2c2c1CCCN2. The third-order valence-electron chi connectivity index (χ3n) is 3.92. The van der Waals surface area contributed by atoms with E-state index in [2.05, 4.69) is 27.8 Å². The number of aromatic amines is 1. The fourth-order valence-electron chi connectivity index (χ4n) is 2.85. The largest absolute Gasteiger partial charge is 0.396 e. The zero-order valence-electron chi connectivity index (χ0n) is 12.9. The standard InChI is InChI=1S/C16H21N3O2.2ClH/c20-8-2-6-17-10-11-4-5-12-14(9-11)19-16(21)13-3-1-7-18-15(12)13;;/h4-5,9,17-18,20H,1-3,6-8,10H2,(H,19,21);2*1H. The number of anilines is 1. The third kappa shape index (κ3) is 4.38. The number of rotatable bonds is 5. The number of pyridine rings is 1. The van der Waals surface area contributed by atoms with E-state index < -0.39 is 0 Å². The maximum Gasteiger partial charge on any atom is 0.253 e. The van der Waals surface area contributed by atoms with Crippen LogP contribution in [0.15, 0.2) is 23.0 Å². The van der Waals surface area contributed by atoms with Crippen LogP contribution in [0.1, 0.15) is 24.0 Å². The highest BCUT2D eigenvalue weighted by Gasteiger charge is 2.15. The third-order valence-corrected chi connectivity index (χ3v) is 3.92. The van der Waals surface area contributed by atoms with Crippen molar-refractivity contribution in [2.45, 2.75) is 25.8 Å². The Kier molecular flexibility index (Phi) is 7.85. The molecule has 0 saturated carbocycles. The molecule has 23 heavy (non-hydrogen) atoms. The van der Waals surface area contributed by atoms with Gasteiger partial charge in [0.15, 0.2) is 0 Å². The molecule has 1 aliphatic rings. The van der Waals surface area contributed by atoms with Crippen LogP contribution in [0.4, 0.5) is 5.69 Å². The van der Waals surface area contributed by atoms with Gasteiger partial charge < -0.3 is 20.7 Å². The molecule has 0 radical (unpaired) electrons. The van der Waals surface area contributed by atoms with E-state index >= 15 is 0 Å². The minimum Gasteiger partial charge on any atom is -0.396 e. The molecule has 3 rings (SSSR count). The minimum atomic E-state index is 0. The lowest BCUT2D eigenvalue weighted by Crippen LogP contribution is -2.22. The zero-order valence-corrected chi connectivity index (χ0v) is 14.5. The van der Waals surface area contributed by atoms with Gasteiger partial charge in [-0.3, -0.25) is 4.79 Å². The van der Waals surface area contributed by atoms with Crippen molar-refractivity contribution >= 4 is 41.4 Å². The Morgan fingerprint density at radius 1 is 1.26 bits per heavy atom. The first-order chi connectivity index (χ1) is 10.3. The van der Waals surface area contributed by atoms with Crippen LogP contribution in [0.3, 0.4) is 0 Å². The highest BCUT2D eigenvalue weighted by molar-refractivity contribution is 5.93. The first-order valence-electron chi connectivity index (χ1n) is 7.53. The van der Waals surface area contributed by atoms with E-state index in [0.29, 0.717) is 0 Å². The molecule has 1 aliphatic heterocycles. The lowest BCUT2D eigenvalue weighted by Gasteiger charge is -2.19. The van der Waals surface area contributed by atoms with Crippen molar-refractivity contribution in [3.05, 3.63) is 39.7 Å². The number of aromatic nitrogens is 1. The number of fused-ring (bicyclic) bond motifs is 3. The van der Waals surface area contributed by atoms with Crippen LogP contribution in [0, 0.1) is 0 Å². The maximum atomic E-state index is 12.1. The molecule has 7 heteroatoms. The molecule has 0 atom stereocenters. The molecular weight excluding hydrogens is 337 g/mol. The second kappa shape index (κ2) is 9.13. The number of hydrogen-bond donors (Lipinski definition) is 4. The smallest absolute Gasteiger partial charge is 0.253 e. The highest BCUT2D eigenvalue weighted by atomic mass is 35.5. The zero-order chi connectivity index (χ0) is 14.7. The second-order valence-corrected chi connectivity index (χ2v) is 5.47. The summed E-state index contributed by atoms with van der Waals surface area (Å²) in [5.74, 6) is 0. The average molecular weight is 360 g/mol.